The summed E-state index contributed by atoms with van der Waals surface area (Å²) >= 11 is 0. The summed E-state index contributed by atoms with van der Waals surface area (Å²) in [7, 11) is 0. The second kappa shape index (κ2) is 8.70. The Morgan fingerprint density at radius 3 is 2.38 bits per heavy atom. The highest BCUT2D eigenvalue weighted by molar-refractivity contribution is 5.84. The van der Waals surface area contributed by atoms with E-state index in [4.69, 9.17) is 4.98 Å². The Morgan fingerprint density at radius 1 is 1.00 bits per heavy atom. The van der Waals surface area contributed by atoms with Crippen LogP contribution in [0.2, 0.25) is 0 Å². The Labute approximate surface area is 195 Å². The van der Waals surface area contributed by atoms with E-state index in [1.807, 2.05) is 12.1 Å². The number of H-pyrrole nitrogens is 1. The van der Waals surface area contributed by atoms with Crippen LogP contribution in [-0.2, 0) is 0 Å². The average molecular weight is 470 g/mol. The number of fused-ring (bicyclic) bond motifs is 1. The van der Waals surface area contributed by atoms with Gasteiger partial charge in [-0.05, 0) is 73.6 Å². The van der Waals surface area contributed by atoms with Crippen molar-refractivity contribution >= 4 is 22.7 Å². The zero-order chi connectivity index (χ0) is 23.9. The van der Waals surface area contributed by atoms with Gasteiger partial charge in [0.05, 0.1) is 16.7 Å². The normalized spacial score (nSPS) is 21.0. The molecule has 2 atom stereocenters. The van der Waals surface area contributed by atoms with Crippen molar-refractivity contribution in [3.05, 3.63) is 54.7 Å². The lowest BCUT2D eigenvalue weighted by molar-refractivity contribution is -0.274. The number of hydrogen-bond donors (Lipinski definition) is 2. The predicted molar refractivity (Wildman–Crippen MR) is 125 cm³/mol. The minimum absolute atomic E-state index is 0.259. The molecule has 9 heteroatoms. The third-order valence-corrected chi connectivity index (χ3v) is 6.36. The standard InChI is InChI=1S/C25H26F3N5O/c1-15-11-16(2)13-19(12-15)33-23-8-3-17(21-9-10-29-32-21)14-22(23)31-24(33)30-18-4-6-20(7-5-18)34-25(26,27)28/h3-10,14-16,19H,11-13H2,1-2H3,(H,29,32)(H,30,31). The van der Waals surface area contributed by atoms with Crippen LogP contribution in [0.3, 0.4) is 0 Å². The SMILES string of the molecule is CC1CC(C)CC(n2c(Nc3ccc(OC(F)(F)F)cc3)nc3cc(-c4ccn[nH]4)ccc32)C1. The number of nitrogens with one attached hydrogen (secondary N) is 2. The Hall–Kier alpha value is -3.49. The van der Waals surface area contributed by atoms with Crippen molar-refractivity contribution in [3.63, 3.8) is 0 Å². The molecular weight excluding hydrogens is 443 g/mol. The van der Waals surface area contributed by atoms with Gasteiger partial charge in [-0.1, -0.05) is 19.9 Å². The van der Waals surface area contributed by atoms with Gasteiger partial charge < -0.3 is 14.6 Å². The van der Waals surface area contributed by atoms with E-state index in [9.17, 15) is 13.2 Å². The molecule has 0 amide bonds. The first-order chi connectivity index (χ1) is 16.2. The van der Waals surface area contributed by atoms with E-state index in [0.717, 1.165) is 35.1 Å². The van der Waals surface area contributed by atoms with Gasteiger partial charge in [-0.3, -0.25) is 5.10 Å². The maximum Gasteiger partial charge on any atom is 0.573 e. The van der Waals surface area contributed by atoms with Gasteiger partial charge in [0.25, 0.3) is 0 Å². The maximum atomic E-state index is 12.5. The molecular formula is C25H26F3N5O. The first-order valence-corrected chi connectivity index (χ1v) is 11.4. The third-order valence-electron chi connectivity index (χ3n) is 6.36. The molecule has 1 fully saturated rings. The summed E-state index contributed by atoms with van der Waals surface area (Å²) < 4.78 is 43.8. The molecule has 1 aliphatic carbocycles. The number of aromatic nitrogens is 4. The van der Waals surface area contributed by atoms with Crippen molar-refractivity contribution in [2.45, 2.75) is 45.5 Å². The molecule has 1 aliphatic rings. The fraction of sp³-hybridized carbons (Fsp3) is 0.360. The van der Waals surface area contributed by atoms with Crippen LogP contribution >= 0.6 is 0 Å². The van der Waals surface area contributed by atoms with Crippen LogP contribution in [0.4, 0.5) is 24.8 Å². The molecule has 178 valence electrons. The van der Waals surface area contributed by atoms with Crippen molar-refractivity contribution in [3.8, 4) is 17.0 Å². The van der Waals surface area contributed by atoms with E-state index < -0.39 is 6.36 Å². The highest BCUT2D eigenvalue weighted by Crippen LogP contribution is 2.40. The van der Waals surface area contributed by atoms with E-state index in [2.05, 4.69) is 50.8 Å². The average Bonchev–Trinajstić information content (AvgIpc) is 3.40. The van der Waals surface area contributed by atoms with E-state index in [1.54, 1.807) is 18.3 Å². The molecule has 2 N–H and O–H groups in total. The summed E-state index contributed by atoms with van der Waals surface area (Å²) in [6.07, 6.45) is 0.290. The summed E-state index contributed by atoms with van der Waals surface area (Å²) in [4.78, 5) is 4.89. The van der Waals surface area contributed by atoms with Gasteiger partial charge in [0.1, 0.15) is 5.75 Å². The fourth-order valence-electron chi connectivity index (χ4n) is 5.13. The summed E-state index contributed by atoms with van der Waals surface area (Å²) in [6, 6.07) is 14.1. The fourth-order valence-corrected chi connectivity index (χ4v) is 5.13. The molecule has 0 saturated heterocycles. The van der Waals surface area contributed by atoms with E-state index >= 15 is 0 Å². The number of halogens is 3. The highest BCUT2D eigenvalue weighted by atomic mass is 19.4. The molecule has 5 rings (SSSR count). The Balaban J connectivity index is 1.52. The second-order valence-corrected chi connectivity index (χ2v) is 9.25. The number of ether oxygens (including phenoxy) is 1. The van der Waals surface area contributed by atoms with Crippen LogP contribution in [0.15, 0.2) is 54.7 Å². The number of nitrogens with zero attached hydrogens (tertiary/aromatic N) is 3. The summed E-state index contributed by atoms with van der Waals surface area (Å²) in [5.74, 6) is 1.61. The molecule has 2 aromatic carbocycles. The summed E-state index contributed by atoms with van der Waals surface area (Å²) in [6.45, 7) is 4.56. The van der Waals surface area contributed by atoms with Gasteiger partial charge in [-0.25, -0.2) is 4.98 Å². The van der Waals surface area contributed by atoms with Crippen LogP contribution in [0.1, 0.15) is 39.2 Å². The number of benzene rings is 2. The monoisotopic (exact) mass is 469 g/mol. The molecule has 0 aliphatic heterocycles. The van der Waals surface area contributed by atoms with Gasteiger partial charge in [0.15, 0.2) is 0 Å². The minimum atomic E-state index is -4.72. The zero-order valence-electron chi connectivity index (χ0n) is 18.9. The molecule has 0 spiro atoms. The number of aromatic amines is 1. The van der Waals surface area contributed by atoms with Crippen molar-refractivity contribution < 1.29 is 17.9 Å². The zero-order valence-corrected chi connectivity index (χ0v) is 18.9. The number of imidazole rings is 1. The predicted octanol–water partition coefficient (Wildman–Crippen LogP) is 7.07. The molecule has 0 bridgehead atoms. The summed E-state index contributed by atoms with van der Waals surface area (Å²) in [5, 5.41) is 10.3. The smallest absolute Gasteiger partial charge is 0.406 e. The lowest BCUT2D eigenvalue weighted by Crippen LogP contribution is -2.23. The Kier molecular flexibility index (Phi) is 5.71. The van der Waals surface area contributed by atoms with Crippen molar-refractivity contribution in [2.75, 3.05) is 5.32 Å². The van der Waals surface area contributed by atoms with Gasteiger partial charge in [0, 0.05) is 23.5 Å². The molecule has 2 heterocycles. The lowest BCUT2D eigenvalue weighted by Gasteiger charge is -2.33. The first kappa shape index (κ1) is 22.3. The molecule has 4 aromatic rings. The second-order valence-electron chi connectivity index (χ2n) is 9.25. The number of hydrogen-bond acceptors (Lipinski definition) is 4. The molecule has 2 aromatic heterocycles. The lowest BCUT2D eigenvalue weighted by atomic mass is 9.80. The highest BCUT2D eigenvalue weighted by Gasteiger charge is 2.31. The topological polar surface area (TPSA) is 67.8 Å². The van der Waals surface area contributed by atoms with Crippen LogP contribution < -0.4 is 10.1 Å². The van der Waals surface area contributed by atoms with Gasteiger partial charge in [-0.15, -0.1) is 13.2 Å². The molecule has 6 nitrogen and oxygen atoms in total. The maximum absolute atomic E-state index is 12.5. The van der Waals surface area contributed by atoms with E-state index in [0.29, 0.717) is 23.5 Å². The Morgan fingerprint density at radius 2 is 1.74 bits per heavy atom. The number of alkyl halides is 3. The third kappa shape index (κ3) is 4.73. The number of rotatable bonds is 5. The van der Waals surface area contributed by atoms with E-state index in [1.165, 1.54) is 18.6 Å². The van der Waals surface area contributed by atoms with Crippen LogP contribution in [0.25, 0.3) is 22.3 Å². The molecule has 2 unspecified atom stereocenters. The minimum Gasteiger partial charge on any atom is -0.406 e. The van der Waals surface area contributed by atoms with Crippen molar-refractivity contribution in [1.29, 1.82) is 0 Å². The van der Waals surface area contributed by atoms with Crippen LogP contribution in [0, 0.1) is 11.8 Å². The largest absolute Gasteiger partial charge is 0.573 e. The van der Waals surface area contributed by atoms with Gasteiger partial charge in [0.2, 0.25) is 5.95 Å². The molecule has 34 heavy (non-hydrogen) atoms. The number of anilines is 2. The Bertz CT molecular complexity index is 1250. The van der Waals surface area contributed by atoms with Crippen molar-refractivity contribution in [2.24, 2.45) is 11.8 Å². The van der Waals surface area contributed by atoms with Gasteiger partial charge in [-0.2, -0.15) is 5.10 Å². The molecule has 1 saturated carbocycles. The van der Waals surface area contributed by atoms with Crippen LogP contribution in [-0.4, -0.2) is 26.1 Å². The summed E-state index contributed by atoms with van der Waals surface area (Å²) in [5.41, 5.74) is 4.40. The first-order valence-electron chi connectivity index (χ1n) is 11.4. The van der Waals surface area contributed by atoms with Crippen LogP contribution in [0.5, 0.6) is 5.75 Å². The van der Waals surface area contributed by atoms with Crippen molar-refractivity contribution in [1.82, 2.24) is 19.7 Å². The van der Waals surface area contributed by atoms with Gasteiger partial charge >= 0.3 is 6.36 Å². The quantitative estimate of drug-likeness (QED) is 0.328. The van der Waals surface area contributed by atoms with E-state index in [-0.39, 0.29) is 11.8 Å². The molecule has 0 radical (unpaired) electrons.